The molecule has 7 heteroatoms. The average molecular weight is 410 g/mol. The summed E-state index contributed by atoms with van der Waals surface area (Å²) in [6.07, 6.45) is 3.54. The van der Waals surface area contributed by atoms with Crippen LogP contribution in [0, 0.1) is 0 Å². The van der Waals surface area contributed by atoms with Crippen LogP contribution in [0.1, 0.15) is 0 Å². The number of rotatable bonds is 6. The summed E-state index contributed by atoms with van der Waals surface area (Å²) >= 11 is 12.4. The lowest BCUT2D eigenvalue weighted by molar-refractivity contribution is 1.06. The van der Waals surface area contributed by atoms with Crippen LogP contribution >= 0.6 is 23.2 Å². The van der Waals surface area contributed by atoms with Crippen molar-refractivity contribution >= 4 is 45.6 Å². The highest BCUT2D eigenvalue weighted by Crippen LogP contribution is 2.31. The van der Waals surface area contributed by atoms with Crippen molar-refractivity contribution in [1.82, 2.24) is 15.0 Å². The molecule has 0 unspecified atom stereocenters. The van der Waals surface area contributed by atoms with Crippen LogP contribution in [0.4, 0.5) is 11.5 Å². The third kappa shape index (κ3) is 4.16. The molecule has 0 bridgehead atoms. The van der Waals surface area contributed by atoms with Crippen LogP contribution in [0.5, 0.6) is 0 Å². The second-order valence-electron chi connectivity index (χ2n) is 6.13. The van der Waals surface area contributed by atoms with Crippen molar-refractivity contribution in [2.75, 3.05) is 23.7 Å². The summed E-state index contributed by atoms with van der Waals surface area (Å²) in [7, 11) is 0. The van der Waals surface area contributed by atoms with Crippen molar-refractivity contribution in [2.24, 2.45) is 0 Å². The number of aromatic nitrogens is 3. The monoisotopic (exact) mass is 409 g/mol. The summed E-state index contributed by atoms with van der Waals surface area (Å²) in [5.41, 5.74) is 2.57. The summed E-state index contributed by atoms with van der Waals surface area (Å²) in [6.45, 7) is 1.41. The highest BCUT2D eigenvalue weighted by Gasteiger charge is 2.12. The zero-order valence-corrected chi connectivity index (χ0v) is 16.4. The molecule has 0 aliphatic carbocycles. The van der Waals surface area contributed by atoms with E-state index in [2.05, 4.69) is 20.6 Å². The van der Waals surface area contributed by atoms with Crippen LogP contribution in [-0.4, -0.2) is 28.0 Å². The molecule has 0 saturated heterocycles. The van der Waals surface area contributed by atoms with Gasteiger partial charge in [-0.2, -0.15) is 0 Å². The SMILES string of the molecule is Clc1ccc(-c2nc(NCCNc3cccnc3)c3ccccc3n2)c(Cl)c1. The molecule has 2 aromatic heterocycles. The summed E-state index contributed by atoms with van der Waals surface area (Å²) in [4.78, 5) is 13.5. The Morgan fingerprint density at radius 3 is 2.54 bits per heavy atom. The van der Waals surface area contributed by atoms with Gasteiger partial charge in [0.1, 0.15) is 5.82 Å². The average Bonchev–Trinajstić information content (AvgIpc) is 2.72. The van der Waals surface area contributed by atoms with Crippen molar-refractivity contribution in [3.8, 4) is 11.4 Å². The van der Waals surface area contributed by atoms with E-state index in [-0.39, 0.29) is 0 Å². The van der Waals surface area contributed by atoms with Gasteiger partial charge in [-0.3, -0.25) is 4.98 Å². The fourth-order valence-corrected chi connectivity index (χ4v) is 3.35. The molecule has 0 aliphatic heterocycles. The lowest BCUT2D eigenvalue weighted by atomic mass is 10.2. The minimum Gasteiger partial charge on any atom is -0.382 e. The topological polar surface area (TPSA) is 62.7 Å². The van der Waals surface area contributed by atoms with Gasteiger partial charge in [0.15, 0.2) is 5.82 Å². The number of benzene rings is 2. The molecular formula is C21H17Cl2N5. The quantitative estimate of drug-likeness (QED) is 0.410. The zero-order chi connectivity index (χ0) is 19.3. The number of pyridine rings is 1. The highest BCUT2D eigenvalue weighted by atomic mass is 35.5. The Morgan fingerprint density at radius 2 is 1.71 bits per heavy atom. The van der Waals surface area contributed by atoms with Crippen molar-refractivity contribution in [3.05, 3.63) is 77.0 Å². The van der Waals surface area contributed by atoms with E-state index >= 15 is 0 Å². The van der Waals surface area contributed by atoms with Crippen LogP contribution < -0.4 is 10.6 Å². The maximum atomic E-state index is 6.36. The number of anilines is 2. The number of nitrogens with zero attached hydrogens (tertiary/aromatic N) is 3. The Hall–Kier alpha value is -2.89. The molecule has 2 heterocycles. The number of halogens is 2. The van der Waals surface area contributed by atoms with Gasteiger partial charge in [-0.1, -0.05) is 35.3 Å². The minimum absolute atomic E-state index is 0.520. The molecule has 0 atom stereocenters. The van der Waals surface area contributed by atoms with E-state index in [4.69, 9.17) is 28.2 Å². The van der Waals surface area contributed by atoms with Gasteiger partial charge in [0.2, 0.25) is 0 Å². The molecule has 0 radical (unpaired) electrons. The molecule has 0 saturated carbocycles. The Labute approximate surface area is 172 Å². The smallest absolute Gasteiger partial charge is 0.163 e. The first-order valence-corrected chi connectivity index (χ1v) is 9.56. The predicted molar refractivity (Wildman–Crippen MR) is 116 cm³/mol. The molecule has 0 amide bonds. The molecule has 28 heavy (non-hydrogen) atoms. The third-order valence-electron chi connectivity index (χ3n) is 4.18. The molecule has 5 nitrogen and oxygen atoms in total. The van der Waals surface area contributed by atoms with Gasteiger partial charge in [0.05, 0.1) is 16.2 Å². The molecule has 0 fully saturated rings. The van der Waals surface area contributed by atoms with Crippen LogP contribution in [0.2, 0.25) is 10.0 Å². The fourth-order valence-electron chi connectivity index (χ4n) is 2.86. The van der Waals surface area contributed by atoms with E-state index < -0.39 is 0 Å². The molecule has 0 spiro atoms. The van der Waals surface area contributed by atoms with Gasteiger partial charge in [0, 0.05) is 41.5 Å². The van der Waals surface area contributed by atoms with Gasteiger partial charge in [-0.05, 0) is 42.5 Å². The first-order chi connectivity index (χ1) is 13.7. The van der Waals surface area contributed by atoms with Crippen LogP contribution in [0.3, 0.4) is 0 Å². The van der Waals surface area contributed by atoms with Gasteiger partial charge >= 0.3 is 0 Å². The number of para-hydroxylation sites is 1. The molecule has 0 aliphatic rings. The highest BCUT2D eigenvalue weighted by molar-refractivity contribution is 6.36. The van der Waals surface area contributed by atoms with Gasteiger partial charge in [-0.25, -0.2) is 9.97 Å². The normalized spacial score (nSPS) is 10.8. The van der Waals surface area contributed by atoms with E-state index in [0.717, 1.165) is 34.5 Å². The van der Waals surface area contributed by atoms with Crippen molar-refractivity contribution in [1.29, 1.82) is 0 Å². The molecule has 2 N–H and O–H groups in total. The second-order valence-corrected chi connectivity index (χ2v) is 6.98. The number of fused-ring (bicyclic) bond motifs is 1. The van der Waals surface area contributed by atoms with Gasteiger partial charge in [-0.15, -0.1) is 0 Å². The van der Waals surface area contributed by atoms with E-state index in [9.17, 15) is 0 Å². The van der Waals surface area contributed by atoms with Crippen LogP contribution in [0.15, 0.2) is 67.0 Å². The number of hydrogen-bond donors (Lipinski definition) is 2. The fraction of sp³-hybridized carbons (Fsp3) is 0.0952. The van der Waals surface area contributed by atoms with Crippen LogP contribution in [-0.2, 0) is 0 Å². The minimum atomic E-state index is 0.520. The first-order valence-electron chi connectivity index (χ1n) is 8.81. The number of hydrogen-bond acceptors (Lipinski definition) is 5. The van der Waals surface area contributed by atoms with E-state index in [1.165, 1.54) is 0 Å². The molecular weight excluding hydrogens is 393 g/mol. The second kappa shape index (κ2) is 8.42. The summed E-state index contributed by atoms with van der Waals surface area (Å²) in [5.74, 6) is 1.32. The van der Waals surface area contributed by atoms with Gasteiger partial charge < -0.3 is 10.6 Å². The summed E-state index contributed by atoms with van der Waals surface area (Å²) < 4.78 is 0. The Morgan fingerprint density at radius 1 is 0.857 bits per heavy atom. The summed E-state index contributed by atoms with van der Waals surface area (Å²) in [5, 5.41) is 8.77. The molecule has 4 rings (SSSR count). The van der Waals surface area contributed by atoms with Crippen molar-refractivity contribution in [2.45, 2.75) is 0 Å². The van der Waals surface area contributed by atoms with E-state index in [0.29, 0.717) is 22.4 Å². The first kappa shape index (κ1) is 18.5. The van der Waals surface area contributed by atoms with Crippen molar-refractivity contribution < 1.29 is 0 Å². The Balaban J connectivity index is 1.59. The Bertz CT molecular complexity index is 1100. The maximum absolute atomic E-state index is 6.36. The predicted octanol–water partition coefficient (Wildman–Crippen LogP) is 5.52. The Kier molecular flexibility index (Phi) is 5.55. The third-order valence-corrected chi connectivity index (χ3v) is 4.73. The lowest BCUT2D eigenvalue weighted by Gasteiger charge is -2.12. The van der Waals surface area contributed by atoms with Crippen molar-refractivity contribution in [3.63, 3.8) is 0 Å². The number of nitrogens with one attached hydrogen (secondary N) is 2. The van der Waals surface area contributed by atoms with E-state index in [1.807, 2.05) is 42.5 Å². The summed E-state index contributed by atoms with van der Waals surface area (Å²) in [6, 6.07) is 17.1. The molecule has 4 aromatic rings. The van der Waals surface area contributed by atoms with E-state index in [1.54, 1.807) is 24.5 Å². The molecule has 140 valence electrons. The van der Waals surface area contributed by atoms with Gasteiger partial charge in [0.25, 0.3) is 0 Å². The van der Waals surface area contributed by atoms with Crippen LogP contribution in [0.25, 0.3) is 22.3 Å². The zero-order valence-electron chi connectivity index (χ0n) is 14.9. The lowest BCUT2D eigenvalue weighted by Crippen LogP contribution is -2.15. The maximum Gasteiger partial charge on any atom is 0.163 e. The molecule has 2 aromatic carbocycles. The largest absolute Gasteiger partial charge is 0.382 e. The standard InChI is InChI=1S/C21H17Cl2N5/c22-14-7-8-16(18(23)12-14)21-27-19-6-2-1-5-17(19)20(28-21)26-11-10-25-15-4-3-9-24-13-15/h1-9,12-13,25H,10-11H2,(H,26,27,28).